The van der Waals surface area contributed by atoms with E-state index in [1.165, 1.54) is 10.5 Å². The quantitative estimate of drug-likeness (QED) is 0.693. The molecular weight excluding hydrogens is 364 g/mol. The lowest BCUT2D eigenvalue weighted by molar-refractivity contribution is -0.914. The summed E-state index contributed by atoms with van der Waals surface area (Å²) in [5.74, 6) is 0.780. The molecule has 0 spiro atoms. The Morgan fingerprint density at radius 2 is 1.97 bits per heavy atom. The number of quaternary nitrogens is 1. The number of pyridine rings is 1. The minimum absolute atomic E-state index is 0.0422. The first-order valence-electron chi connectivity index (χ1n) is 10.6. The molecule has 0 amide bonds. The van der Waals surface area contributed by atoms with E-state index in [0.717, 1.165) is 60.2 Å². The molecule has 0 bridgehead atoms. The average Bonchev–Trinajstić information content (AvgIpc) is 3.39. The molecule has 1 saturated heterocycles. The summed E-state index contributed by atoms with van der Waals surface area (Å²) >= 11 is 0. The van der Waals surface area contributed by atoms with Gasteiger partial charge in [0.2, 0.25) is 5.82 Å². The molecule has 7 heteroatoms. The van der Waals surface area contributed by atoms with Crippen LogP contribution < -0.4 is 10.5 Å². The third kappa shape index (κ3) is 3.37. The summed E-state index contributed by atoms with van der Waals surface area (Å²) in [4.78, 5) is 17.8. The standard InChI is InChI=1S/C22H30N6O/c1-6-22(4,5)28-20(24-25-26-28)19(27-11-7-8-12-27)17-13-16-10-9-14(2)15(3)18(16)23-21(17)29/h9-10,13,19H,6-8,11-12H2,1-5H3,(H,23,29)/p+1/t19-/m1/s1. The van der Waals surface area contributed by atoms with E-state index in [-0.39, 0.29) is 17.1 Å². The number of rotatable bonds is 5. The predicted octanol–water partition coefficient (Wildman–Crippen LogP) is 2.04. The van der Waals surface area contributed by atoms with Crippen molar-refractivity contribution in [3.8, 4) is 0 Å². The largest absolute Gasteiger partial charge is 0.322 e. The topological polar surface area (TPSA) is 80.9 Å². The normalized spacial score (nSPS) is 16.6. The number of likely N-dealkylation sites (tertiary alicyclic amines) is 1. The molecule has 2 aromatic heterocycles. The Morgan fingerprint density at radius 1 is 1.24 bits per heavy atom. The fourth-order valence-corrected chi connectivity index (χ4v) is 4.37. The van der Waals surface area contributed by atoms with E-state index in [2.05, 4.69) is 73.3 Å². The molecule has 1 aromatic carbocycles. The van der Waals surface area contributed by atoms with Gasteiger partial charge in [0.25, 0.3) is 5.56 Å². The Balaban J connectivity index is 1.93. The molecule has 1 fully saturated rings. The van der Waals surface area contributed by atoms with E-state index in [0.29, 0.717) is 0 Å². The smallest absolute Gasteiger partial charge is 0.258 e. The second-order valence-corrected chi connectivity index (χ2v) is 8.94. The lowest BCUT2D eigenvalue weighted by Crippen LogP contribution is -3.10. The van der Waals surface area contributed by atoms with Crippen molar-refractivity contribution in [2.24, 2.45) is 0 Å². The van der Waals surface area contributed by atoms with Crippen molar-refractivity contribution < 1.29 is 4.90 Å². The van der Waals surface area contributed by atoms with Crippen molar-refractivity contribution in [3.05, 3.63) is 51.1 Å². The van der Waals surface area contributed by atoms with Crippen LogP contribution in [0.15, 0.2) is 23.0 Å². The van der Waals surface area contributed by atoms with Crippen LogP contribution >= 0.6 is 0 Å². The van der Waals surface area contributed by atoms with Gasteiger partial charge in [-0.1, -0.05) is 19.1 Å². The second-order valence-electron chi connectivity index (χ2n) is 8.94. The first kappa shape index (κ1) is 19.8. The van der Waals surface area contributed by atoms with Crippen LogP contribution in [0, 0.1) is 13.8 Å². The van der Waals surface area contributed by atoms with E-state index < -0.39 is 0 Å². The van der Waals surface area contributed by atoms with Crippen LogP contribution in [0.1, 0.15) is 68.6 Å². The third-order valence-electron chi connectivity index (χ3n) is 6.74. The zero-order valence-corrected chi connectivity index (χ0v) is 18.0. The Labute approximate surface area is 171 Å². The minimum Gasteiger partial charge on any atom is -0.322 e. The Hall–Kier alpha value is -2.54. The van der Waals surface area contributed by atoms with Crippen LogP contribution in [0.2, 0.25) is 0 Å². The Kier molecular flexibility index (Phi) is 5.02. The van der Waals surface area contributed by atoms with Crippen LogP contribution in [0.5, 0.6) is 0 Å². The molecule has 154 valence electrons. The predicted molar refractivity (Wildman–Crippen MR) is 113 cm³/mol. The molecule has 3 heterocycles. The molecule has 3 aromatic rings. The highest BCUT2D eigenvalue weighted by molar-refractivity contribution is 5.83. The van der Waals surface area contributed by atoms with Crippen LogP contribution in [0.25, 0.3) is 10.9 Å². The average molecular weight is 396 g/mol. The number of hydrogen-bond acceptors (Lipinski definition) is 4. The molecule has 29 heavy (non-hydrogen) atoms. The molecule has 0 radical (unpaired) electrons. The molecular formula is C22H31N6O+. The molecule has 1 aliphatic heterocycles. The molecule has 1 atom stereocenters. The second kappa shape index (κ2) is 7.37. The van der Waals surface area contributed by atoms with Crippen LogP contribution in [-0.2, 0) is 5.54 Å². The number of H-pyrrole nitrogens is 1. The molecule has 7 nitrogen and oxygen atoms in total. The van der Waals surface area contributed by atoms with Crippen molar-refractivity contribution in [2.75, 3.05) is 13.1 Å². The summed E-state index contributed by atoms with van der Waals surface area (Å²) in [6, 6.07) is 6.08. The molecule has 0 aliphatic carbocycles. The maximum atomic E-state index is 13.3. The van der Waals surface area contributed by atoms with Gasteiger partial charge in [0.15, 0.2) is 6.04 Å². The molecule has 1 aliphatic rings. The van der Waals surface area contributed by atoms with E-state index in [1.54, 1.807) is 0 Å². The van der Waals surface area contributed by atoms with Crippen molar-refractivity contribution in [1.29, 1.82) is 0 Å². The van der Waals surface area contributed by atoms with Gasteiger partial charge < -0.3 is 9.88 Å². The molecule has 0 saturated carbocycles. The van der Waals surface area contributed by atoms with Crippen LogP contribution in [-0.4, -0.2) is 38.3 Å². The van der Waals surface area contributed by atoms with Gasteiger partial charge in [-0.3, -0.25) is 4.79 Å². The van der Waals surface area contributed by atoms with Gasteiger partial charge in [-0.25, -0.2) is 4.68 Å². The van der Waals surface area contributed by atoms with E-state index in [1.807, 2.05) is 4.68 Å². The van der Waals surface area contributed by atoms with Crippen molar-refractivity contribution in [1.82, 2.24) is 25.2 Å². The molecule has 4 rings (SSSR count). The third-order valence-corrected chi connectivity index (χ3v) is 6.74. The van der Waals surface area contributed by atoms with Gasteiger partial charge in [0.05, 0.1) is 29.7 Å². The summed E-state index contributed by atoms with van der Waals surface area (Å²) in [7, 11) is 0. The highest BCUT2D eigenvalue weighted by Crippen LogP contribution is 2.26. The highest BCUT2D eigenvalue weighted by atomic mass is 16.1. The number of benzene rings is 1. The summed E-state index contributed by atoms with van der Waals surface area (Å²) < 4.78 is 1.92. The summed E-state index contributed by atoms with van der Waals surface area (Å²) in [5.41, 5.74) is 3.71. The van der Waals surface area contributed by atoms with Crippen LogP contribution in [0.3, 0.4) is 0 Å². The van der Waals surface area contributed by atoms with E-state index in [9.17, 15) is 4.79 Å². The maximum absolute atomic E-state index is 13.3. The van der Waals surface area contributed by atoms with Gasteiger partial charge in [0.1, 0.15) is 0 Å². The zero-order valence-electron chi connectivity index (χ0n) is 18.0. The number of nitrogens with one attached hydrogen (secondary N) is 2. The number of nitrogens with zero attached hydrogens (tertiary/aromatic N) is 4. The van der Waals surface area contributed by atoms with Gasteiger partial charge >= 0.3 is 0 Å². The summed E-state index contributed by atoms with van der Waals surface area (Å²) in [6.07, 6.45) is 3.22. The van der Waals surface area contributed by atoms with Crippen molar-refractivity contribution >= 4 is 10.9 Å². The van der Waals surface area contributed by atoms with Crippen LogP contribution in [0.4, 0.5) is 0 Å². The molecule has 0 unspecified atom stereocenters. The maximum Gasteiger partial charge on any atom is 0.258 e. The lowest BCUT2D eigenvalue weighted by atomic mass is 9.98. The number of aromatic nitrogens is 5. The number of fused-ring (bicyclic) bond motifs is 1. The van der Waals surface area contributed by atoms with Gasteiger partial charge in [-0.15, -0.1) is 5.10 Å². The van der Waals surface area contributed by atoms with Gasteiger partial charge in [-0.2, -0.15) is 0 Å². The molecule has 2 N–H and O–H groups in total. The van der Waals surface area contributed by atoms with Crippen molar-refractivity contribution in [3.63, 3.8) is 0 Å². The number of aryl methyl sites for hydroxylation is 2. The Morgan fingerprint density at radius 3 is 2.66 bits per heavy atom. The monoisotopic (exact) mass is 395 g/mol. The fraction of sp³-hybridized carbons (Fsp3) is 0.545. The number of aromatic amines is 1. The summed E-state index contributed by atoms with van der Waals surface area (Å²) in [5, 5.41) is 13.8. The zero-order chi connectivity index (χ0) is 20.8. The highest BCUT2D eigenvalue weighted by Gasteiger charge is 2.38. The van der Waals surface area contributed by atoms with E-state index >= 15 is 0 Å². The summed E-state index contributed by atoms with van der Waals surface area (Å²) in [6.45, 7) is 12.6. The van der Waals surface area contributed by atoms with E-state index in [4.69, 9.17) is 0 Å². The Bertz CT molecular complexity index is 1090. The first-order chi connectivity index (χ1) is 13.8. The number of hydrogen-bond donors (Lipinski definition) is 2. The first-order valence-corrected chi connectivity index (χ1v) is 10.6. The van der Waals surface area contributed by atoms with Gasteiger partial charge in [0, 0.05) is 12.8 Å². The van der Waals surface area contributed by atoms with Gasteiger partial charge in [-0.05, 0) is 67.1 Å². The van der Waals surface area contributed by atoms with Crippen molar-refractivity contribution in [2.45, 2.75) is 65.5 Å². The lowest BCUT2D eigenvalue weighted by Gasteiger charge is -2.29. The SMILES string of the molecule is CCC(C)(C)n1nnnc1[C@@H](c1cc2ccc(C)c(C)c2[nH]c1=O)[NH+]1CCCC1. The minimum atomic E-state index is -0.215. The fourth-order valence-electron chi connectivity index (χ4n) is 4.37. The number of tetrazole rings is 1.